The van der Waals surface area contributed by atoms with E-state index < -0.39 is 0 Å². The van der Waals surface area contributed by atoms with Crippen LogP contribution in [-0.2, 0) is 11.3 Å². The third-order valence-corrected chi connectivity index (χ3v) is 4.58. The molecule has 23 heavy (non-hydrogen) atoms. The van der Waals surface area contributed by atoms with Gasteiger partial charge in [0.15, 0.2) is 11.5 Å². The molecule has 1 N–H and O–H groups in total. The summed E-state index contributed by atoms with van der Waals surface area (Å²) < 4.78 is 16.2. The molecule has 1 saturated heterocycles. The van der Waals surface area contributed by atoms with E-state index in [-0.39, 0.29) is 0 Å². The molecule has 2 atom stereocenters. The molecule has 0 amide bonds. The summed E-state index contributed by atoms with van der Waals surface area (Å²) in [4.78, 5) is 2.51. The Morgan fingerprint density at radius 1 is 1.30 bits per heavy atom. The summed E-state index contributed by atoms with van der Waals surface area (Å²) in [6.45, 7) is 11.1. The standard InChI is InChI=1S/C18H30N2O3/c1-13-8-17(21-4)18(22-5)9-16(13)11-19-10-14(2)20-6-7-23-12-15(20)3/h8-9,14-15,19H,6-7,10-12H2,1-5H3/t14-,15+/m1/s1. The van der Waals surface area contributed by atoms with Gasteiger partial charge in [-0.3, -0.25) is 4.90 Å². The Balaban J connectivity index is 1.90. The van der Waals surface area contributed by atoms with Gasteiger partial charge in [-0.2, -0.15) is 0 Å². The van der Waals surface area contributed by atoms with E-state index in [1.807, 2.05) is 6.07 Å². The Hall–Kier alpha value is -1.30. The van der Waals surface area contributed by atoms with Gasteiger partial charge in [-0.1, -0.05) is 0 Å². The van der Waals surface area contributed by atoms with E-state index >= 15 is 0 Å². The van der Waals surface area contributed by atoms with Gasteiger partial charge in [-0.25, -0.2) is 0 Å². The fraction of sp³-hybridized carbons (Fsp3) is 0.667. The quantitative estimate of drug-likeness (QED) is 0.834. The van der Waals surface area contributed by atoms with Crippen molar-refractivity contribution in [2.24, 2.45) is 0 Å². The zero-order valence-electron chi connectivity index (χ0n) is 15.0. The highest BCUT2D eigenvalue weighted by Gasteiger charge is 2.23. The molecule has 130 valence electrons. The van der Waals surface area contributed by atoms with E-state index in [4.69, 9.17) is 14.2 Å². The molecule has 5 heteroatoms. The van der Waals surface area contributed by atoms with Crippen molar-refractivity contribution in [2.45, 2.75) is 39.4 Å². The molecule has 0 unspecified atom stereocenters. The third-order valence-electron chi connectivity index (χ3n) is 4.58. The van der Waals surface area contributed by atoms with Crippen molar-refractivity contribution in [1.29, 1.82) is 0 Å². The van der Waals surface area contributed by atoms with E-state index in [0.29, 0.717) is 12.1 Å². The van der Waals surface area contributed by atoms with Crippen LogP contribution >= 0.6 is 0 Å². The fourth-order valence-corrected chi connectivity index (χ4v) is 3.14. The summed E-state index contributed by atoms with van der Waals surface area (Å²) in [5, 5.41) is 3.57. The number of nitrogens with zero attached hydrogens (tertiary/aromatic N) is 1. The summed E-state index contributed by atoms with van der Waals surface area (Å²) in [7, 11) is 3.34. The van der Waals surface area contributed by atoms with Gasteiger partial charge in [0.1, 0.15) is 0 Å². The Morgan fingerprint density at radius 2 is 2.00 bits per heavy atom. The van der Waals surface area contributed by atoms with Crippen LogP contribution in [0.25, 0.3) is 0 Å². The predicted octanol–water partition coefficient (Wildman–Crippen LogP) is 2.21. The minimum Gasteiger partial charge on any atom is -0.493 e. The normalized spacial score (nSPS) is 20.3. The molecule has 0 aromatic heterocycles. The first kappa shape index (κ1) is 18.0. The van der Waals surface area contributed by atoms with E-state index in [0.717, 1.165) is 44.3 Å². The molecule has 0 bridgehead atoms. The van der Waals surface area contributed by atoms with Crippen LogP contribution < -0.4 is 14.8 Å². The number of nitrogens with one attached hydrogen (secondary N) is 1. The van der Waals surface area contributed by atoms with Crippen LogP contribution in [-0.4, -0.2) is 57.5 Å². The first-order valence-electron chi connectivity index (χ1n) is 8.32. The summed E-state index contributed by atoms with van der Waals surface area (Å²) >= 11 is 0. The highest BCUT2D eigenvalue weighted by molar-refractivity contribution is 5.46. The molecule has 0 spiro atoms. The summed E-state index contributed by atoms with van der Waals surface area (Å²) in [6, 6.07) is 5.07. The van der Waals surface area contributed by atoms with Crippen molar-refractivity contribution in [2.75, 3.05) is 40.5 Å². The number of ether oxygens (including phenoxy) is 3. The van der Waals surface area contributed by atoms with Gasteiger partial charge >= 0.3 is 0 Å². The maximum Gasteiger partial charge on any atom is 0.161 e. The minimum absolute atomic E-state index is 0.489. The van der Waals surface area contributed by atoms with Gasteiger partial charge in [0.25, 0.3) is 0 Å². The molecule has 1 fully saturated rings. The molecule has 0 aliphatic carbocycles. The van der Waals surface area contributed by atoms with Crippen LogP contribution in [0.3, 0.4) is 0 Å². The highest BCUT2D eigenvalue weighted by atomic mass is 16.5. The number of morpholine rings is 1. The van der Waals surface area contributed by atoms with E-state index in [1.165, 1.54) is 11.1 Å². The number of aryl methyl sites for hydroxylation is 1. The lowest BCUT2D eigenvalue weighted by atomic mass is 10.1. The van der Waals surface area contributed by atoms with E-state index in [2.05, 4.69) is 37.1 Å². The monoisotopic (exact) mass is 322 g/mol. The van der Waals surface area contributed by atoms with Crippen LogP contribution in [0.4, 0.5) is 0 Å². The number of hydrogen-bond donors (Lipinski definition) is 1. The molecule has 1 aromatic carbocycles. The largest absolute Gasteiger partial charge is 0.493 e. The molecule has 2 rings (SSSR count). The molecule has 0 radical (unpaired) electrons. The summed E-state index contributed by atoms with van der Waals surface area (Å²) in [6.07, 6.45) is 0. The maximum absolute atomic E-state index is 5.51. The Labute approximate surface area is 139 Å². The van der Waals surface area contributed by atoms with Gasteiger partial charge in [-0.15, -0.1) is 0 Å². The van der Waals surface area contributed by atoms with Crippen molar-refractivity contribution in [1.82, 2.24) is 10.2 Å². The van der Waals surface area contributed by atoms with Crippen LogP contribution in [0, 0.1) is 6.92 Å². The Kier molecular flexibility index (Phi) is 6.69. The lowest BCUT2D eigenvalue weighted by molar-refractivity contribution is -0.0181. The van der Waals surface area contributed by atoms with Gasteiger partial charge in [-0.05, 0) is 44.0 Å². The SMILES string of the molecule is COc1cc(C)c(CNC[C@@H](C)N2CCOC[C@@H]2C)cc1OC. The van der Waals surface area contributed by atoms with Crippen molar-refractivity contribution < 1.29 is 14.2 Å². The zero-order chi connectivity index (χ0) is 16.8. The summed E-state index contributed by atoms with van der Waals surface area (Å²) in [5.41, 5.74) is 2.45. The topological polar surface area (TPSA) is 43.0 Å². The molecule has 1 heterocycles. The molecule has 1 aromatic rings. The van der Waals surface area contributed by atoms with E-state index in [9.17, 15) is 0 Å². The van der Waals surface area contributed by atoms with Crippen LogP contribution in [0.1, 0.15) is 25.0 Å². The average Bonchev–Trinajstić information content (AvgIpc) is 2.56. The van der Waals surface area contributed by atoms with Crippen LogP contribution in [0.15, 0.2) is 12.1 Å². The lowest BCUT2D eigenvalue weighted by Gasteiger charge is -2.38. The number of benzene rings is 1. The van der Waals surface area contributed by atoms with Gasteiger partial charge in [0.2, 0.25) is 0 Å². The molecular formula is C18H30N2O3. The number of methoxy groups -OCH3 is 2. The highest BCUT2D eigenvalue weighted by Crippen LogP contribution is 2.30. The third kappa shape index (κ3) is 4.59. The fourth-order valence-electron chi connectivity index (χ4n) is 3.14. The second-order valence-electron chi connectivity index (χ2n) is 6.28. The van der Waals surface area contributed by atoms with Crippen molar-refractivity contribution in [3.63, 3.8) is 0 Å². The Morgan fingerprint density at radius 3 is 2.65 bits per heavy atom. The molecule has 5 nitrogen and oxygen atoms in total. The summed E-state index contributed by atoms with van der Waals surface area (Å²) in [5.74, 6) is 1.56. The van der Waals surface area contributed by atoms with Crippen LogP contribution in [0.2, 0.25) is 0 Å². The molecule has 1 aliphatic rings. The number of hydrogen-bond acceptors (Lipinski definition) is 5. The lowest BCUT2D eigenvalue weighted by Crippen LogP contribution is -2.51. The second-order valence-corrected chi connectivity index (χ2v) is 6.28. The smallest absolute Gasteiger partial charge is 0.161 e. The molecule has 1 aliphatic heterocycles. The average molecular weight is 322 g/mol. The van der Waals surface area contributed by atoms with Crippen molar-refractivity contribution >= 4 is 0 Å². The van der Waals surface area contributed by atoms with Gasteiger partial charge in [0, 0.05) is 31.7 Å². The second kappa shape index (κ2) is 8.52. The maximum atomic E-state index is 5.51. The number of rotatable bonds is 7. The minimum atomic E-state index is 0.489. The van der Waals surface area contributed by atoms with Gasteiger partial charge in [0.05, 0.1) is 27.4 Å². The van der Waals surface area contributed by atoms with Crippen LogP contribution in [0.5, 0.6) is 11.5 Å². The first-order valence-corrected chi connectivity index (χ1v) is 8.32. The molecular weight excluding hydrogens is 292 g/mol. The zero-order valence-corrected chi connectivity index (χ0v) is 15.0. The van der Waals surface area contributed by atoms with Gasteiger partial charge < -0.3 is 19.5 Å². The first-order chi connectivity index (χ1) is 11.1. The predicted molar refractivity (Wildman–Crippen MR) is 92.4 cm³/mol. The van der Waals surface area contributed by atoms with E-state index in [1.54, 1.807) is 14.2 Å². The van der Waals surface area contributed by atoms with Crippen molar-refractivity contribution in [3.8, 4) is 11.5 Å². The Bertz CT molecular complexity index is 507. The molecule has 0 saturated carbocycles. The van der Waals surface area contributed by atoms with Crippen molar-refractivity contribution in [3.05, 3.63) is 23.3 Å².